The first-order chi connectivity index (χ1) is 10.8. The van der Waals surface area contributed by atoms with Crippen LogP contribution in [0.2, 0.25) is 0 Å². The number of aliphatic hydroxyl groups excluding tert-OH is 1. The molecule has 1 unspecified atom stereocenters. The molecule has 1 atom stereocenters. The molecular formula is C18H20N2O2. The van der Waals surface area contributed by atoms with Gasteiger partial charge in [0.25, 0.3) is 5.91 Å². The zero-order chi connectivity index (χ0) is 15.4. The van der Waals surface area contributed by atoms with Gasteiger partial charge in [-0.3, -0.25) is 9.78 Å². The quantitative estimate of drug-likeness (QED) is 0.943. The molecule has 0 aliphatic carbocycles. The molecule has 0 bridgehead atoms. The van der Waals surface area contributed by atoms with Crippen LogP contribution in [0.5, 0.6) is 0 Å². The van der Waals surface area contributed by atoms with Gasteiger partial charge in [-0.2, -0.15) is 0 Å². The molecule has 0 radical (unpaired) electrons. The minimum Gasteiger partial charge on any atom is -0.396 e. The third-order valence-electron chi connectivity index (χ3n) is 4.26. The van der Waals surface area contributed by atoms with Gasteiger partial charge in [0, 0.05) is 37.7 Å². The highest BCUT2D eigenvalue weighted by Crippen LogP contribution is 2.27. The molecule has 1 aliphatic heterocycles. The van der Waals surface area contributed by atoms with Crippen LogP contribution < -0.4 is 0 Å². The van der Waals surface area contributed by atoms with Crippen molar-refractivity contribution in [3.63, 3.8) is 0 Å². The molecule has 22 heavy (non-hydrogen) atoms. The zero-order valence-electron chi connectivity index (χ0n) is 12.5. The molecule has 1 N–H and O–H groups in total. The molecule has 1 amide bonds. The Hall–Kier alpha value is -2.20. The van der Waals surface area contributed by atoms with Gasteiger partial charge < -0.3 is 10.0 Å². The molecule has 2 heterocycles. The fourth-order valence-corrected chi connectivity index (χ4v) is 3.06. The second kappa shape index (κ2) is 6.71. The van der Waals surface area contributed by atoms with Crippen molar-refractivity contribution in [3.05, 3.63) is 54.4 Å². The highest BCUT2D eigenvalue weighted by atomic mass is 16.3. The van der Waals surface area contributed by atoms with E-state index >= 15 is 0 Å². The summed E-state index contributed by atoms with van der Waals surface area (Å²) in [5.41, 5.74) is 2.68. The van der Waals surface area contributed by atoms with Crippen molar-refractivity contribution in [3.8, 4) is 11.1 Å². The van der Waals surface area contributed by atoms with E-state index in [9.17, 15) is 4.79 Å². The highest BCUT2D eigenvalue weighted by Gasteiger charge is 2.27. The first-order valence-corrected chi connectivity index (χ1v) is 7.69. The predicted molar refractivity (Wildman–Crippen MR) is 85.4 cm³/mol. The third-order valence-corrected chi connectivity index (χ3v) is 4.26. The number of pyridine rings is 1. The number of likely N-dealkylation sites (tertiary alicyclic amines) is 1. The summed E-state index contributed by atoms with van der Waals surface area (Å²) in [6.45, 7) is 1.71. The average molecular weight is 296 g/mol. The van der Waals surface area contributed by atoms with Gasteiger partial charge in [-0.1, -0.05) is 18.2 Å². The fraction of sp³-hybridized carbons (Fsp3) is 0.333. The van der Waals surface area contributed by atoms with Crippen LogP contribution in [0.1, 0.15) is 23.2 Å². The van der Waals surface area contributed by atoms with Crippen LogP contribution in [0, 0.1) is 5.92 Å². The molecule has 1 aromatic carbocycles. The molecule has 1 aliphatic rings. The molecular weight excluding hydrogens is 276 g/mol. The van der Waals surface area contributed by atoms with Crippen LogP contribution in [0.25, 0.3) is 11.1 Å². The first-order valence-electron chi connectivity index (χ1n) is 7.69. The van der Waals surface area contributed by atoms with E-state index in [-0.39, 0.29) is 12.5 Å². The Kier molecular flexibility index (Phi) is 4.49. The van der Waals surface area contributed by atoms with E-state index in [1.54, 1.807) is 12.4 Å². The van der Waals surface area contributed by atoms with Gasteiger partial charge in [-0.05, 0) is 48.1 Å². The summed E-state index contributed by atoms with van der Waals surface area (Å²) in [7, 11) is 0. The number of hydrogen-bond donors (Lipinski definition) is 1. The Bertz CT molecular complexity index is 643. The van der Waals surface area contributed by atoms with Crippen LogP contribution in [-0.2, 0) is 0 Å². The average Bonchev–Trinajstić information content (AvgIpc) is 3.04. The standard InChI is InChI=1S/C18H20N2O2/c21-12-8-14-7-11-20(13-14)18(22)17-4-2-1-3-16(17)15-5-9-19-10-6-15/h1-6,9-10,14,21H,7-8,11-13H2. The van der Waals surface area contributed by atoms with Gasteiger partial charge in [0.2, 0.25) is 0 Å². The largest absolute Gasteiger partial charge is 0.396 e. The number of aliphatic hydroxyl groups is 1. The lowest BCUT2D eigenvalue weighted by Crippen LogP contribution is -2.29. The molecule has 0 spiro atoms. The van der Waals surface area contributed by atoms with E-state index in [1.165, 1.54) is 0 Å². The topological polar surface area (TPSA) is 53.4 Å². The molecule has 1 aromatic heterocycles. The van der Waals surface area contributed by atoms with Gasteiger partial charge in [0.05, 0.1) is 0 Å². The maximum atomic E-state index is 12.8. The summed E-state index contributed by atoms with van der Waals surface area (Å²) in [5.74, 6) is 0.495. The van der Waals surface area contributed by atoms with Crippen LogP contribution >= 0.6 is 0 Å². The molecule has 2 aromatic rings. The molecule has 1 fully saturated rings. The van der Waals surface area contributed by atoms with Crippen molar-refractivity contribution in [2.75, 3.05) is 19.7 Å². The van der Waals surface area contributed by atoms with Crippen LogP contribution in [0.3, 0.4) is 0 Å². The Labute approximate surface area is 130 Å². The fourth-order valence-electron chi connectivity index (χ4n) is 3.06. The number of benzene rings is 1. The van der Waals surface area contributed by atoms with Gasteiger partial charge in [0.1, 0.15) is 0 Å². The van der Waals surface area contributed by atoms with Gasteiger partial charge in [-0.25, -0.2) is 0 Å². The Morgan fingerprint density at radius 1 is 1.23 bits per heavy atom. The molecule has 114 valence electrons. The van der Waals surface area contributed by atoms with Gasteiger partial charge in [0.15, 0.2) is 0 Å². The van der Waals surface area contributed by atoms with Crippen molar-refractivity contribution in [1.29, 1.82) is 0 Å². The van der Waals surface area contributed by atoms with Gasteiger partial charge in [-0.15, -0.1) is 0 Å². The molecule has 4 heteroatoms. The third kappa shape index (κ3) is 3.02. The molecule has 4 nitrogen and oxygen atoms in total. The van der Waals surface area contributed by atoms with Crippen LogP contribution in [0.15, 0.2) is 48.8 Å². The number of carbonyl (C=O) groups excluding carboxylic acids is 1. The number of hydrogen-bond acceptors (Lipinski definition) is 3. The lowest BCUT2D eigenvalue weighted by Gasteiger charge is -2.18. The van der Waals surface area contributed by atoms with E-state index < -0.39 is 0 Å². The smallest absolute Gasteiger partial charge is 0.254 e. The second-order valence-corrected chi connectivity index (χ2v) is 5.70. The van der Waals surface area contributed by atoms with E-state index in [4.69, 9.17) is 5.11 Å². The lowest BCUT2D eigenvalue weighted by atomic mass is 10.00. The van der Waals surface area contributed by atoms with Gasteiger partial charge >= 0.3 is 0 Å². The first kappa shape index (κ1) is 14.7. The molecule has 0 saturated carbocycles. The highest BCUT2D eigenvalue weighted by molar-refractivity contribution is 6.01. The number of amides is 1. The Morgan fingerprint density at radius 2 is 2.00 bits per heavy atom. The van der Waals surface area contributed by atoms with Crippen molar-refractivity contribution in [2.24, 2.45) is 5.92 Å². The van der Waals surface area contributed by atoms with Crippen molar-refractivity contribution < 1.29 is 9.90 Å². The van der Waals surface area contributed by atoms with E-state index in [0.29, 0.717) is 5.92 Å². The van der Waals surface area contributed by atoms with Crippen molar-refractivity contribution in [1.82, 2.24) is 9.88 Å². The van der Waals surface area contributed by atoms with E-state index in [1.807, 2.05) is 41.3 Å². The number of carbonyl (C=O) groups is 1. The maximum Gasteiger partial charge on any atom is 0.254 e. The Balaban J connectivity index is 1.85. The summed E-state index contributed by atoms with van der Waals surface area (Å²) >= 11 is 0. The minimum atomic E-state index is 0.0767. The molecule has 3 rings (SSSR count). The summed E-state index contributed by atoms with van der Waals surface area (Å²) in [6, 6.07) is 11.6. The summed E-state index contributed by atoms with van der Waals surface area (Å²) in [4.78, 5) is 18.8. The van der Waals surface area contributed by atoms with E-state index in [0.717, 1.165) is 42.6 Å². The Morgan fingerprint density at radius 3 is 2.77 bits per heavy atom. The predicted octanol–water partition coefficient (Wildman–Crippen LogP) is 2.59. The number of aromatic nitrogens is 1. The van der Waals surface area contributed by atoms with Crippen molar-refractivity contribution in [2.45, 2.75) is 12.8 Å². The monoisotopic (exact) mass is 296 g/mol. The summed E-state index contributed by atoms with van der Waals surface area (Å²) in [6.07, 6.45) is 5.23. The lowest BCUT2D eigenvalue weighted by molar-refractivity contribution is 0.0785. The van der Waals surface area contributed by atoms with Crippen LogP contribution in [-0.4, -0.2) is 40.6 Å². The SMILES string of the molecule is O=C(c1ccccc1-c1ccncc1)N1CCC(CCO)C1. The van der Waals surface area contributed by atoms with E-state index in [2.05, 4.69) is 4.98 Å². The summed E-state index contributed by atoms with van der Waals surface area (Å²) < 4.78 is 0. The second-order valence-electron chi connectivity index (χ2n) is 5.70. The number of nitrogens with zero attached hydrogens (tertiary/aromatic N) is 2. The molecule has 1 saturated heterocycles. The minimum absolute atomic E-state index is 0.0767. The zero-order valence-corrected chi connectivity index (χ0v) is 12.5. The normalized spacial score (nSPS) is 17.7. The van der Waals surface area contributed by atoms with Crippen LogP contribution in [0.4, 0.5) is 0 Å². The summed E-state index contributed by atoms with van der Waals surface area (Å²) in [5, 5.41) is 9.05. The maximum absolute atomic E-state index is 12.8. The van der Waals surface area contributed by atoms with Crippen molar-refractivity contribution >= 4 is 5.91 Å². The number of rotatable bonds is 4.